The van der Waals surface area contributed by atoms with E-state index in [1.807, 2.05) is 30.3 Å². The highest BCUT2D eigenvalue weighted by atomic mass is 19.4. The van der Waals surface area contributed by atoms with E-state index in [0.717, 1.165) is 30.4 Å². The number of nitrogens with one attached hydrogen (secondary N) is 3. The van der Waals surface area contributed by atoms with Crippen molar-refractivity contribution in [3.05, 3.63) is 131 Å². The Balaban J connectivity index is 0.00000248. The monoisotopic (exact) mass is 590 g/mol. The van der Waals surface area contributed by atoms with Crippen LogP contribution in [0.15, 0.2) is 103 Å². The normalized spacial score (nSPS) is 11.4. The number of nitrogens with two attached hydrogens (primary N) is 1. The van der Waals surface area contributed by atoms with Crippen molar-refractivity contribution >= 4 is 35.3 Å². The van der Waals surface area contributed by atoms with Crippen LogP contribution in [0.5, 0.6) is 0 Å². The molecule has 0 aromatic heterocycles. The molecule has 7 nitrogen and oxygen atoms in total. The minimum atomic E-state index is -4.58. The van der Waals surface area contributed by atoms with Crippen molar-refractivity contribution in [2.24, 2.45) is 5.73 Å². The van der Waals surface area contributed by atoms with Crippen molar-refractivity contribution in [2.75, 3.05) is 17.7 Å². The zero-order chi connectivity index (χ0) is 31.4. The number of benzene rings is 4. The van der Waals surface area contributed by atoms with Gasteiger partial charge in [-0.05, 0) is 60.0 Å². The van der Waals surface area contributed by atoms with Gasteiger partial charge in [-0.25, -0.2) is 0 Å². The van der Waals surface area contributed by atoms with E-state index in [0.29, 0.717) is 53.9 Å². The fraction of sp³-hybridized carbons (Fsp3) is 0.152. The first-order valence-corrected chi connectivity index (χ1v) is 13.2. The summed E-state index contributed by atoms with van der Waals surface area (Å²) in [5.41, 5.74) is 9.59. The topological polar surface area (TPSA) is 116 Å². The average molecular weight is 591 g/mol. The molecule has 0 saturated carbocycles. The van der Waals surface area contributed by atoms with E-state index < -0.39 is 11.7 Å². The summed E-state index contributed by atoms with van der Waals surface area (Å²) in [6, 6.07) is 24.3. The lowest BCUT2D eigenvalue weighted by Crippen LogP contribution is -2.32. The van der Waals surface area contributed by atoms with Crippen molar-refractivity contribution in [2.45, 2.75) is 25.2 Å². The molecule has 4 aromatic rings. The van der Waals surface area contributed by atoms with E-state index in [1.165, 1.54) is 6.07 Å². The lowest BCUT2D eigenvalue weighted by molar-refractivity contribution is -0.137. The number of para-hydroxylation sites is 1. The van der Waals surface area contributed by atoms with Gasteiger partial charge in [0.25, 0.3) is 0 Å². The third-order valence-electron chi connectivity index (χ3n) is 6.48. The van der Waals surface area contributed by atoms with E-state index in [4.69, 9.17) is 10.8 Å². The lowest BCUT2D eigenvalue weighted by atomic mass is 10.0. The number of rotatable bonds is 12. The molecule has 0 aliphatic heterocycles. The number of alkyl halides is 3. The molecule has 4 rings (SSSR count). The Morgan fingerprint density at radius 3 is 2.07 bits per heavy atom. The lowest BCUT2D eigenvalue weighted by Gasteiger charge is -2.19. The molecule has 1 unspecified atom stereocenters. The van der Waals surface area contributed by atoms with Gasteiger partial charge in [0.2, 0.25) is 0 Å². The number of halogens is 3. The molecule has 0 saturated heterocycles. The third-order valence-corrected chi connectivity index (χ3v) is 6.48. The molecule has 224 valence electrons. The Labute approximate surface area is 248 Å². The summed E-state index contributed by atoms with van der Waals surface area (Å²) in [7, 11) is 1.00. The smallest absolute Gasteiger partial charge is 0.400 e. The maximum atomic E-state index is 13.5. The van der Waals surface area contributed by atoms with Crippen molar-refractivity contribution in [1.82, 2.24) is 5.32 Å². The van der Waals surface area contributed by atoms with Crippen LogP contribution in [0.3, 0.4) is 0 Å². The van der Waals surface area contributed by atoms with Gasteiger partial charge in [0, 0.05) is 47.9 Å². The zero-order valence-corrected chi connectivity index (χ0v) is 23.5. The molecule has 0 radical (unpaired) electrons. The van der Waals surface area contributed by atoms with Gasteiger partial charge in [0.05, 0.1) is 16.9 Å². The number of anilines is 4. The standard InChI is InChI=1S/C32H29F3N4O2.CH4O/c1-21(27(36)16-22-7-3-2-4-8-22)37-18-23-11-13-29(25(15-23)20-41)39-31-17-26(32(33,34)35)12-14-30(31)38-28-10-6-5-9-24(28)19-40;1-2/h2-15,17,19-20,27,37-39H,1,16,18,36H2;2H,1H3. The van der Waals surface area contributed by atoms with E-state index in [2.05, 4.69) is 22.5 Å². The maximum absolute atomic E-state index is 13.5. The number of aliphatic hydroxyl groups excluding tert-OH is 1. The molecular weight excluding hydrogens is 557 g/mol. The minimum absolute atomic E-state index is 0.0785. The van der Waals surface area contributed by atoms with Gasteiger partial charge < -0.3 is 26.8 Å². The molecule has 0 aliphatic carbocycles. The van der Waals surface area contributed by atoms with Crippen LogP contribution in [0.2, 0.25) is 0 Å². The summed E-state index contributed by atoms with van der Waals surface area (Å²) >= 11 is 0. The zero-order valence-electron chi connectivity index (χ0n) is 23.5. The van der Waals surface area contributed by atoms with Crippen LogP contribution in [0.25, 0.3) is 0 Å². The average Bonchev–Trinajstić information content (AvgIpc) is 3.02. The second kappa shape index (κ2) is 15.3. The van der Waals surface area contributed by atoms with Gasteiger partial charge in [-0.2, -0.15) is 13.2 Å². The van der Waals surface area contributed by atoms with Crippen LogP contribution in [-0.2, 0) is 19.1 Å². The van der Waals surface area contributed by atoms with Crippen LogP contribution in [-0.4, -0.2) is 30.8 Å². The predicted octanol–water partition coefficient (Wildman–Crippen LogP) is 6.60. The number of aldehydes is 2. The quantitative estimate of drug-likeness (QED) is 0.118. The maximum Gasteiger partial charge on any atom is 0.416 e. The van der Waals surface area contributed by atoms with E-state index >= 15 is 0 Å². The van der Waals surface area contributed by atoms with Crippen LogP contribution in [0, 0.1) is 0 Å². The summed E-state index contributed by atoms with van der Waals surface area (Å²) in [6.07, 6.45) is -2.69. The van der Waals surface area contributed by atoms with Gasteiger partial charge in [0.15, 0.2) is 12.6 Å². The van der Waals surface area contributed by atoms with E-state index in [1.54, 1.807) is 42.5 Å². The van der Waals surface area contributed by atoms with Gasteiger partial charge in [-0.3, -0.25) is 9.59 Å². The molecule has 0 amide bonds. The number of hydrogen-bond acceptors (Lipinski definition) is 7. The first kappa shape index (κ1) is 32.6. The minimum Gasteiger partial charge on any atom is -0.400 e. The highest BCUT2D eigenvalue weighted by Crippen LogP contribution is 2.37. The molecule has 0 bridgehead atoms. The number of carbonyl (C=O) groups excluding carboxylic acids is 2. The van der Waals surface area contributed by atoms with Crippen LogP contribution in [0.4, 0.5) is 35.9 Å². The van der Waals surface area contributed by atoms with Gasteiger partial charge >= 0.3 is 6.18 Å². The number of hydrogen-bond donors (Lipinski definition) is 5. The predicted molar refractivity (Wildman–Crippen MR) is 164 cm³/mol. The Kier molecular flexibility index (Phi) is 11.6. The Morgan fingerprint density at radius 2 is 1.40 bits per heavy atom. The van der Waals surface area contributed by atoms with E-state index in [9.17, 15) is 22.8 Å². The summed E-state index contributed by atoms with van der Waals surface area (Å²) in [5.74, 6) is 0. The molecule has 10 heteroatoms. The summed E-state index contributed by atoms with van der Waals surface area (Å²) in [4.78, 5) is 23.4. The molecule has 4 aromatic carbocycles. The third kappa shape index (κ3) is 9.03. The van der Waals surface area contributed by atoms with Crippen LogP contribution in [0.1, 0.15) is 37.4 Å². The molecule has 6 N–H and O–H groups in total. The molecule has 0 spiro atoms. The van der Waals surface area contributed by atoms with Crippen LogP contribution >= 0.6 is 0 Å². The van der Waals surface area contributed by atoms with Gasteiger partial charge in [0.1, 0.15) is 0 Å². The molecular formula is C33H33F3N4O3. The SMILES string of the molecule is C=C(NCc1ccc(Nc2cc(C(F)(F)F)ccc2Nc2ccccc2C=O)c(C=O)c1)C(N)Cc1ccccc1.CO. The Morgan fingerprint density at radius 1 is 0.791 bits per heavy atom. The Bertz CT molecular complexity index is 1540. The summed E-state index contributed by atoms with van der Waals surface area (Å²) < 4.78 is 40.6. The van der Waals surface area contributed by atoms with Crippen molar-refractivity contribution < 1.29 is 27.9 Å². The molecule has 43 heavy (non-hydrogen) atoms. The first-order valence-electron chi connectivity index (χ1n) is 13.2. The number of carbonyl (C=O) groups is 2. The summed E-state index contributed by atoms with van der Waals surface area (Å²) in [5, 5.41) is 16.2. The molecule has 0 aliphatic rings. The van der Waals surface area contributed by atoms with E-state index in [-0.39, 0.29) is 17.3 Å². The van der Waals surface area contributed by atoms with Gasteiger partial charge in [-0.15, -0.1) is 0 Å². The van der Waals surface area contributed by atoms with Crippen LogP contribution < -0.4 is 21.7 Å². The highest BCUT2D eigenvalue weighted by Gasteiger charge is 2.31. The second-order valence-electron chi connectivity index (χ2n) is 9.43. The molecule has 0 heterocycles. The van der Waals surface area contributed by atoms with Crippen molar-refractivity contribution in [3.8, 4) is 0 Å². The summed E-state index contributed by atoms with van der Waals surface area (Å²) in [6.45, 7) is 4.38. The fourth-order valence-corrected chi connectivity index (χ4v) is 4.21. The second-order valence-corrected chi connectivity index (χ2v) is 9.43. The van der Waals surface area contributed by atoms with Crippen molar-refractivity contribution in [3.63, 3.8) is 0 Å². The largest absolute Gasteiger partial charge is 0.416 e. The Hall–Kier alpha value is -4.93. The molecule has 0 fully saturated rings. The highest BCUT2D eigenvalue weighted by molar-refractivity contribution is 5.91. The number of aliphatic hydroxyl groups is 1. The molecule has 1 atom stereocenters. The fourth-order valence-electron chi connectivity index (χ4n) is 4.21. The van der Waals surface area contributed by atoms with Gasteiger partial charge in [-0.1, -0.05) is 55.1 Å². The first-order chi connectivity index (χ1) is 20.7. The van der Waals surface area contributed by atoms with Crippen molar-refractivity contribution in [1.29, 1.82) is 0 Å².